The second-order valence-corrected chi connectivity index (χ2v) is 5.16. The molecular formula is C14H12N4O4. The summed E-state index contributed by atoms with van der Waals surface area (Å²) in [6.45, 7) is 1.75. The Labute approximate surface area is 123 Å². The van der Waals surface area contributed by atoms with E-state index in [1.807, 2.05) is 19.1 Å². The molecule has 2 aromatic heterocycles. The van der Waals surface area contributed by atoms with Crippen molar-refractivity contribution >= 4 is 22.5 Å². The number of nitrogens with zero attached hydrogens (tertiary/aromatic N) is 3. The molecule has 8 nitrogen and oxygen atoms in total. The number of amides is 1. The fourth-order valence-corrected chi connectivity index (χ4v) is 2.68. The number of fused-ring (bicyclic) bond motifs is 4. The summed E-state index contributed by atoms with van der Waals surface area (Å²) < 4.78 is 13.2. The van der Waals surface area contributed by atoms with Crippen LogP contribution in [0.1, 0.15) is 5.56 Å². The van der Waals surface area contributed by atoms with Crippen LogP contribution in [-0.2, 0) is 11.3 Å². The second kappa shape index (κ2) is 4.23. The first-order valence-electron chi connectivity index (χ1n) is 6.65. The van der Waals surface area contributed by atoms with Gasteiger partial charge in [-0.1, -0.05) is 0 Å². The highest BCUT2D eigenvalue weighted by Crippen LogP contribution is 2.36. The van der Waals surface area contributed by atoms with Crippen LogP contribution in [0, 0.1) is 6.92 Å². The van der Waals surface area contributed by atoms with Crippen LogP contribution < -0.4 is 20.9 Å². The number of pyridine rings is 1. The third-order valence-corrected chi connectivity index (χ3v) is 3.63. The lowest BCUT2D eigenvalue weighted by Gasteiger charge is -2.05. The molecule has 0 atom stereocenters. The van der Waals surface area contributed by atoms with E-state index >= 15 is 0 Å². The molecule has 2 N–H and O–H groups in total. The van der Waals surface area contributed by atoms with E-state index in [4.69, 9.17) is 15.2 Å². The monoisotopic (exact) mass is 300 g/mol. The molecule has 112 valence electrons. The van der Waals surface area contributed by atoms with Crippen LogP contribution >= 0.6 is 0 Å². The van der Waals surface area contributed by atoms with Gasteiger partial charge in [-0.3, -0.25) is 4.79 Å². The highest BCUT2D eigenvalue weighted by molar-refractivity contribution is 5.87. The van der Waals surface area contributed by atoms with Crippen molar-refractivity contribution in [2.45, 2.75) is 13.5 Å². The fraction of sp³-hybridized carbons (Fsp3) is 0.214. The van der Waals surface area contributed by atoms with Gasteiger partial charge in [-0.25, -0.2) is 13.9 Å². The molecule has 0 fully saturated rings. The van der Waals surface area contributed by atoms with E-state index in [9.17, 15) is 9.59 Å². The molecule has 1 amide bonds. The van der Waals surface area contributed by atoms with Crippen molar-refractivity contribution in [3.8, 4) is 11.5 Å². The number of rotatable bonds is 2. The lowest BCUT2D eigenvalue weighted by atomic mass is 10.1. The predicted octanol–water partition coefficient (Wildman–Crippen LogP) is 0.172. The maximum atomic E-state index is 12.5. The largest absolute Gasteiger partial charge is 0.454 e. The normalized spacial score (nSPS) is 13.1. The molecule has 0 aliphatic carbocycles. The van der Waals surface area contributed by atoms with Crippen LogP contribution in [-0.4, -0.2) is 26.9 Å². The molecule has 0 saturated heterocycles. The van der Waals surface area contributed by atoms with Crippen molar-refractivity contribution in [2.75, 3.05) is 6.79 Å². The summed E-state index contributed by atoms with van der Waals surface area (Å²) in [5, 5.41) is 5.02. The predicted molar refractivity (Wildman–Crippen MR) is 77.0 cm³/mol. The number of aryl methyl sites for hydroxylation is 1. The van der Waals surface area contributed by atoms with Gasteiger partial charge >= 0.3 is 5.69 Å². The molecule has 3 aromatic rings. The summed E-state index contributed by atoms with van der Waals surface area (Å²) in [6, 6.07) is 5.47. The number of nitrogens with two attached hydrogens (primary N) is 1. The van der Waals surface area contributed by atoms with Gasteiger partial charge in [0.05, 0.1) is 5.52 Å². The Morgan fingerprint density at radius 2 is 2.05 bits per heavy atom. The van der Waals surface area contributed by atoms with Crippen LogP contribution in [0.25, 0.3) is 16.6 Å². The van der Waals surface area contributed by atoms with E-state index in [0.29, 0.717) is 22.7 Å². The van der Waals surface area contributed by atoms with Gasteiger partial charge < -0.3 is 15.2 Å². The van der Waals surface area contributed by atoms with E-state index < -0.39 is 11.6 Å². The molecule has 4 rings (SSSR count). The Balaban J connectivity index is 2.11. The first kappa shape index (κ1) is 12.7. The zero-order valence-electron chi connectivity index (χ0n) is 11.7. The van der Waals surface area contributed by atoms with Crippen LogP contribution in [0.3, 0.4) is 0 Å². The van der Waals surface area contributed by atoms with Crippen LogP contribution in [0.5, 0.6) is 11.5 Å². The Hall–Kier alpha value is -3.03. The molecule has 22 heavy (non-hydrogen) atoms. The van der Waals surface area contributed by atoms with Crippen molar-refractivity contribution in [1.29, 1.82) is 0 Å². The summed E-state index contributed by atoms with van der Waals surface area (Å²) in [5.41, 5.74) is 6.68. The summed E-state index contributed by atoms with van der Waals surface area (Å²) in [7, 11) is 0. The van der Waals surface area contributed by atoms with Gasteiger partial charge in [-0.05, 0) is 24.6 Å². The van der Waals surface area contributed by atoms with Gasteiger partial charge in [-0.15, -0.1) is 5.10 Å². The number of hydrogen-bond acceptors (Lipinski definition) is 5. The topological polar surface area (TPSA) is 101 Å². The van der Waals surface area contributed by atoms with Gasteiger partial charge in [0.2, 0.25) is 12.7 Å². The minimum Gasteiger partial charge on any atom is -0.454 e. The molecule has 0 radical (unpaired) electrons. The number of benzene rings is 1. The standard InChI is InChI=1S/C14H12N4O4/c1-7-2-8-3-10-11(22-6-21-10)4-9(8)18-13(7)16-17(14(18)20)5-12(15)19/h2-4H,5-6H2,1H3,(H2,15,19). The first-order chi connectivity index (χ1) is 10.5. The maximum absolute atomic E-state index is 12.5. The van der Waals surface area contributed by atoms with Crippen LogP contribution in [0.2, 0.25) is 0 Å². The second-order valence-electron chi connectivity index (χ2n) is 5.16. The third-order valence-electron chi connectivity index (χ3n) is 3.63. The Morgan fingerprint density at radius 1 is 1.32 bits per heavy atom. The highest BCUT2D eigenvalue weighted by atomic mass is 16.7. The van der Waals surface area contributed by atoms with Crippen molar-refractivity contribution < 1.29 is 14.3 Å². The molecule has 1 aromatic carbocycles. The van der Waals surface area contributed by atoms with Gasteiger partial charge in [0, 0.05) is 11.5 Å². The van der Waals surface area contributed by atoms with E-state index in [0.717, 1.165) is 15.6 Å². The number of hydrogen-bond donors (Lipinski definition) is 1. The number of carbonyl (C=O) groups excluding carboxylic acids is 1. The van der Waals surface area contributed by atoms with E-state index in [2.05, 4.69) is 5.10 Å². The Morgan fingerprint density at radius 3 is 2.77 bits per heavy atom. The molecule has 0 bridgehead atoms. The number of primary amides is 1. The van der Waals surface area contributed by atoms with Crippen molar-refractivity contribution in [3.05, 3.63) is 34.2 Å². The molecular weight excluding hydrogens is 288 g/mol. The summed E-state index contributed by atoms with van der Waals surface area (Å²) in [6.07, 6.45) is 0. The van der Waals surface area contributed by atoms with E-state index in [1.165, 1.54) is 4.40 Å². The van der Waals surface area contributed by atoms with Gasteiger partial charge in [-0.2, -0.15) is 0 Å². The van der Waals surface area contributed by atoms with Crippen LogP contribution in [0.4, 0.5) is 0 Å². The molecule has 8 heteroatoms. The number of ether oxygens (including phenoxy) is 2. The van der Waals surface area contributed by atoms with Crippen molar-refractivity contribution in [2.24, 2.45) is 5.73 Å². The molecule has 1 aliphatic heterocycles. The van der Waals surface area contributed by atoms with E-state index in [1.54, 1.807) is 6.07 Å². The number of carbonyl (C=O) groups is 1. The SMILES string of the molecule is Cc1cc2cc3c(cc2n2c(=O)n(CC(N)=O)nc12)OCO3. The molecule has 1 aliphatic rings. The number of aromatic nitrogens is 3. The molecule has 3 heterocycles. The van der Waals surface area contributed by atoms with Gasteiger partial charge in [0.15, 0.2) is 17.1 Å². The minimum atomic E-state index is -0.620. The quantitative estimate of drug-likeness (QED) is 0.727. The maximum Gasteiger partial charge on any atom is 0.351 e. The van der Waals surface area contributed by atoms with Gasteiger partial charge in [0.25, 0.3) is 0 Å². The molecule has 0 spiro atoms. The first-order valence-corrected chi connectivity index (χ1v) is 6.65. The molecule has 0 saturated carbocycles. The third kappa shape index (κ3) is 1.67. The zero-order valence-corrected chi connectivity index (χ0v) is 11.7. The van der Waals surface area contributed by atoms with E-state index in [-0.39, 0.29) is 13.3 Å². The van der Waals surface area contributed by atoms with Crippen molar-refractivity contribution in [1.82, 2.24) is 14.2 Å². The zero-order chi connectivity index (χ0) is 15.4. The summed E-state index contributed by atoms with van der Waals surface area (Å²) >= 11 is 0. The lowest BCUT2D eigenvalue weighted by Crippen LogP contribution is -2.28. The fourth-order valence-electron chi connectivity index (χ4n) is 2.68. The Kier molecular flexibility index (Phi) is 2.44. The lowest BCUT2D eigenvalue weighted by molar-refractivity contribution is -0.118. The average molecular weight is 300 g/mol. The highest BCUT2D eigenvalue weighted by Gasteiger charge is 2.19. The summed E-state index contributed by atoms with van der Waals surface area (Å²) in [4.78, 5) is 23.6. The van der Waals surface area contributed by atoms with Gasteiger partial charge in [0.1, 0.15) is 6.54 Å². The van der Waals surface area contributed by atoms with Crippen molar-refractivity contribution in [3.63, 3.8) is 0 Å². The Bertz CT molecular complexity index is 1000. The van der Waals surface area contributed by atoms with Crippen LogP contribution in [0.15, 0.2) is 23.0 Å². The smallest absolute Gasteiger partial charge is 0.351 e. The molecule has 0 unspecified atom stereocenters. The summed E-state index contributed by atoms with van der Waals surface area (Å²) in [5.74, 6) is 0.598. The average Bonchev–Trinajstić information content (AvgIpc) is 3.02. The minimum absolute atomic E-state index is 0.156.